The van der Waals surface area contributed by atoms with Crippen LogP contribution < -0.4 is 5.32 Å². The van der Waals surface area contributed by atoms with Gasteiger partial charge in [-0.1, -0.05) is 12.1 Å². The molecule has 0 amide bonds. The molecule has 2 unspecified atom stereocenters. The second kappa shape index (κ2) is 6.97. The van der Waals surface area contributed by atoms with Crippen LogP contribution in [-0.4, -0.2) is 27.5 Å². The fourth-order valence-electron chi connectivity index (χ4n) is 1.90. The summed E-state index contributed by atoms with van der Waals surface area (Å²) in [5.74, 6) is -0.300. The van der Waals surface area contributed by atoms with Crippen molar-refractivity contribution in [3.05, 3.63) is 52.5 Å². The maximum absolute atomic E-state index is 12.8. The Bertz CT molecular complexity index is 544. The normalized spacial score (nSPS) is 14.2. The van der Waals surface area contributed by atoms with E-state index in [1.54, 1.807) is 18.3 Å². The number of benzene rings is 1. The highest BCUT2D eigenvalue weighted by molar-refractivity contribution is 9.10. The van der Waals surface area contributed by atoms with Gasteiger partial charge in [0, 0.05) is 18.8 Å². The third kappa shape index (κ3) is 4.40. The van der Waals surface area contributed by atoms with Crippen LogP contribution in [0.1, 0.15) is 18.6 Å². The first-order valence-corrected chi connectivity index (χ1v) is 7.19. The van der Waals surface area contributed by atoms with E-state index in [9.17, 15) is 9.50 Å². The lowest BCUT2D eigenvalue weighted by Gasteiger charge is -2.17. The van der Waals surface area contributed by atoms with Gasteiger partial charge in [0.25, 0.3) is 0 Å². The third-order valence-electron chi connectivity index (χ3n) is 2.98. The molecule has 0 aliphatic heterocycles. The second-order valence-electron chi connectivity index (χ2n) is 4.76. The highest BCUT2D eigenvalue weighted by atomic mass is 79.9. The van der Waals surface area contributed by atoms with E-state index in [4.69, 9.17) is 0 Å². The molecule has 20 heavy (non-hydrogen) atoms. The standard InChI is InChI=1S/C14H17BrFN3O/c1-10(8-19-9-12(15)6-18-19)17-7-14(20)11-2-4-13(16)5-3-11/h2-6,9-10,14,17,20H,7-8H2,1H3. The molecule has 0 spiro atoms. The molecule has 0 bridgehead atoms. The number of nitrogens with zero attached hydrogens (tertiary/aromatic N) is 2. The first kappa shape index (κ1) is 15.2. The molecular formula is C14H17BrFN3O. The third-order valence-corrected chi connectivity index (χ3v) is 3.39. The van der Waals surface area contributed by atoms with Gasteiger partial charge in [0.15, 0.2) is 0 Å². The summed E-state index contributed by atoms with van der Waals surface area (Å²) in [6.45, 7) is 3.14. The summed E-state index contributed by atoms with van der Waals surface area (Å²) in [7, 11) is 0. The number of aliphatic hydroxyl groups is 1. The molecule has 1 aromatic heterocycles. The molecule has 1 heterocycles. The molecule has 0 fully saturated rings. The van der Waals surface area contributed by atoms with Gasteiger partial charge in [-0.3, -0.25) is 4.68 Å². The summed E-state index contributed by atoms with van der Waals surface area (Å²) >= 11 is 3.35. The largest absolute Gasteiger partial charge is 0.387 e. The van der Waals surface area contributed by atoms with Crippen LogP contribution in [0.25, 0.3) is 0 Å². The Labute approximate surface area is 125 Å². The van der Waals surface area contributed by atoms with Crippen LogP contribution in [0.2, 0.25) is 0 Å². The Balaban J connectivity index is 1.80. The van der Waals surface area contributed by atoms with Crippen molar-refractivity contribution in [3.8, 4) is 0 Å². The van der Waals surface area contributed by atoms with Crippen molar-refractivity contribution < 1.29 is 9.50 Å². The SMILES string of the molecule is CC(Cn1cc(Br)cn1)NCC(O)c1ccc(F)cc1. The molecule has 6 heteroatoms. The topological polar surface area (TPSA) is 50.1 Å². The van der Waals surface area contributed by atoms with Gasteiger partial charge < -0.3 is 10.4 Å². The summed E-state index contributed by atoms with van der Waals surface area (Å²) in [5, 5.41) is 17.4. The first-order valence-electron chi connectivity index (χ1n) is 6.39. The number of halogens is 2. The smallest absolute Gasteiger partial charge is 0.123 e. The van der Waals surface area contributed by atoms with E-state index < -0.39 is 6.10 Å². The second-order valence-corrected chi connectivity index (χ2v) is 5.67. The predicted molar refractivity (Wildman–Crippen MR) is 78.8 cm³/mol. The monoisotopic (exact) mass is 341 g/mol. The summed E-state index contributed by atoms with van der Waals surface area (Å²) in [6, 6.07) is 6.05. The summed E-state index contributed by atoms with van der Waals surface area (Å²) in [5.41, 5.74) is 0.702. The van der Waals surface area contributed by atoms with Gasteiger partial charge in [-0.15, -0.1) is 0 Å². The van der Waals surface area contributed by atoms with Crippen LogP contribution in [0.15, 0.2) is 41.1 Å². The van der Waals surface area contributed by atoms with Gasteiger partial charge in [0.05, 0.1) is 23.3 Å². The first-order chi connectivity index (χ1) is 9.54. The van der Waals surface area contributed by atoms with Gasteiger partial charge in [0.1, 0.15) is 5.82 Å². The van der Waals surface area contributed by atoms with E-state index in [1.165, 1.54) is 12.1 Å². The molecule has 2 aromatic rings. The number of rotatable bonds is 6. The number of hydrogen-bond acceptors (Lipinski definition) is 3. The van der Waals surface area contributed by atoms with Crippen LogP contribution in [0.4, 0.5) is 4.39 Å². The van der Waals surface area contributed by atoms with E-state index in [1.807, 2.05) is 17.8 Å². The zero-order valence-corrected chi connectivity index (χ0v) is 12.7. The van der Waals surface area contributed by atoms with Gasteiger partial charge in [-0.05, 0) is 40.5 Å². The lowest BCUT2D eigenvalue weighted by Crippen LogP contribution is -2.33. The van der Waals surface area contributed by atoms with Gasteiger partial charge >= 0.3 is 0 Å². The average Bonchev–Trinajstić information content (AvgIpc) is 2.82. The molecule has 0 radical (unpaired) electrons. The molecular weight excluding hydrogens is 325 g/mol. The van der Waals surface area contributed by atoms with Crippen molar-refractivity contribution in [3.63, 3.8) is 0 Å². The minimum Gasteiger partial charge on any atom is -0.387 e. The number of nitrogens with one attached hydrogen (secondary N) is 1. The molecule has 2 N–H and O–H groups in total. The summed E-state index contributed by atoms with van der Waals surface area (Å²) in [6.07, 6.45) is 2.98. The fraction of sp³-hybridized carbons (Fsp3) is 0.357. The molecule has 108 valence electrons. The Kier molecular flexibility index (Phi) is 5.28. The Morgan fingerprint density at radius 2 is 2.10 bits per heavy atom. The van der Waals surface area contributed by atoms with Crippen LogP contribution in [0.3, 0.4) is 0 Å². The summed E-state index contributed by atoms with van der Waals surface area (Å²) < 4.78 is 15.6. The molecule has 0 aliphatic rings. The lowest BCUT2D eigenvalue weighted by atomic mass is 10.1. The van der Waals surface area contributed by atoms with Crippen molar-refractivity contribution in [2.45, 2.75) is 25.6 Å². The van der Waals surface area contributed by atoms with E-state index in [0.29, 0.717) is 18.7 Å². The van der Waals surface area contributed by atoms with Crippen LogP contribution >= 0.6 is 15.9 Å². The molecule has 0 saturated carbocycles. The minimum atomic E-state index is -0.651. The number of hydrogen-bond donors (Lipinski definition) is 2. The van der Waals surface area contributed by atoms with E-state index in [-0.39, 0.29) is 11.9 Å². The van der Waals surface area contributed by atoms with Crippen molar-refractivity contribution in [1.29, 1.82) is 0 Å². The van der Waals surface area contributed by atoms with E-state index in [2.05, 4.69) is 26.3 Å². The van der Waals surface area contributed by atoms with Crippen molar-refractivity contribution in [2.75, 3.05) is 6.54 Å². The lowest BCUT2D eigenvalue weighted by molar-refractivity contribution is 0.169. The highest BCUT2D eigenvalue weighted by Crippen LogP contribution is 2.13. The predicted octanol–water partition coefficient (Wildman–Crippen LogP) is 2.50. The number of aromatic nitrogens is 2. The van der Waals surface area contributed by atoms with Crippen molar-refractivity contribution in [1.82, 2.24) is 15.1 Å². The molecule has 2 atom stereocenters. The molecule has 4 nitrogen and oxygen atoms in total. The zero-order valence-electron chi connectivity index (χ0n) is 11.1. The Morgan fingerprint density at radius 1 is 1.40 bits per heavy atom. The van der Waals surface area contributed by atoms with Crippen molar-refractivity contribution in [2.24, 2.45) is 0 Å². The minimum absolute atomic E-state index is 0.164. The highest BCUT2D eigenvalue weighted by Gasteiger charge is 2.10. The quantitative estimate of drug-likeness (QED) is 0.848. The molecule has 0 aliphatic carbocycles. The fourth-order valence-corrected chi connectivity index (χ4v) is 2.23. The van der Waals surface area contributed by atoms with Gasteiger partial charge in [0.2, 0.25) is 0 Å². The Morgan fingerprint density at radius 3 is 2.70 bits per heavy atom. The maximum Gasteiger partial charge on any atom is 0.123 e. The van der Waals surface area contributed by atoms with Gasteiger partial charge in [-0.25, -0.2) is 4.39 Å². The molecule has 2 rings (SSSR count). The van der Waals surface area contributed by atoms with E-state index in [0.717, 1.165) is 4.47 Å². The van der Waals surface area contributed by atoms with Crippen LogP contribution in [0, 0.1) is 5.82 Å². The Hall–Kier alpha value is -1.24. The van der Waals surface area contributed by atoms with E-state index >= 15 is 0 Å². The summed E-state index contributed by atoms with van der Waals surface area (Å²) in [4.78, 5) is 0. The molecule has 0 saturated heterocycles. The average molecular weight is 342 g/mol. The number of aliphatic hydroxyl groups excluding tert-OH is 1. The molecule has 1 aromatic carbocycles. The van der Waals surface area contributed by atoms with Crippen LogP contribution in [-0.2, 0) is 6.54 Å². The van der Waals surface area contributed by atoms with Crippen molar-refractivity contribution >= 4 is 15.9 Å². The zero-order chi connectivity index (χ0) is 14.5. The van der Waals surface area contributed by atoms with Crippen LogP contribution in [0.5, 0.6) is 0 Å². The maximum atomic E-state index is 12.8. The van der Waals surface area contributed by atoms with Gasteiger partial charge in [-0.2, -0.15) is 5.10 Å².